The first-order valence-corrected chi connectivity index (χ1v) is 3.93. The van der Waals surface area contributed by atoms with E-state index >= 15 is 0 Å². The summed E-state index contributed by atoms with van der Waals surface area (Å²) >= 11 is 0. The second-order valence-corrected chi connectivity index (χ2v) is 2.54. The number of hydrogen-bond donors (Lipinski definition) is 2. The third-order valence-corrected chi connectivity index (χ3v) is 1.54. The number of aliphatic hydroxyl groups excluding tert-OH is 1. The molecule has 0 spiro atoms. The van der Waals surface area contributed by atoms with Crippen LogP contribution in [-0.2, 0) is 0 Å². The molecule has 0 aromatic heterocycles. The number of rotatable bonds is 4. The molecule has 0 amide bonds. The van der Waals surface area contributed by atoms with Crippen LogP contribution in [0, 0.1) is 0 Å². The van der Waals surface area contributed by atoms with Crippen LogP contribution in [-0.4, -0.2) is 23.7 Å². The van der Waals surface area contributed by atoms with Crippen molar-refractivity contribution in [3.8, 4) is 0 Å². The van der Waals surface area contributed by atoms with Gasteiger partial charge in [0, 0.05) is 0 Å². The summed E-state index contributed by atoms with van der Waals surface area (Å²) in [6, 6.07) is 0. The first-order chi connectivity index (χ1) is 5.61. The highest BCUT2D eigenvalue weighted by molar-refractivity contribution is 6.26. The topological polar surface area (TPSA) is 40.5 Å². The zero-order valence-electron chi connectivity index (χ0n) is 7.42. The second kappa shape index (κ2) is 5.97. The van der Waals surface area contributed by atoms with Gasteiger partial charge < -0.3 is 10.1 Å². The molecule has 0 heterocycles. The number of hydrogen-bond acceptors (Lipinski definition) is 2. The highest BCUT2D eigenvalue weighted by Crippen LogP contribution is 2.11. The van der Waals surface area contributed by atoms with Gasteiger partial charge in [0.1, 0.15) is 5.83 Å². The Morgan fingerprint density at radius 3 is 2.58 bits per heavy atom. The molecule has 0 fully saturated rings. The van der Waals surface area contributed by atoms with Crippen molar-refractivity contribution in [1.82, 2.24) is 0 Å². The van der Waals surface area contributed by atoms with Gasteiger partial charge in [0.15, 0.2) is 0 Å². The van der Waals surface area contributed by atoms with Crippen LogP contribution >= 0.6 is 0 Å². The van der Waals surface area contributed by atoms with Crippen molar-refractivity contribution >= 4 is 7.48 Å². The molecule has 68 valence electrons. The third-order valence-electron chi connectivity index (χ3n) is 1.54. The second-order valence-electron chi connectivity index (χ2n) is 2.54. The summed E-state index contributed by atoms with van der Waals surface area (Å²) < 4.78 is 12.7. The van der Waals surface area contributed by atoms with E-state index in [1.54, 1.807) is 13.8 Å². The minimum Gasteiger partial charge on any atom is -0.454 e. The molecule has 2 nitrogen and oxygen atoms in total. The lowest BCUT2D eigenvalue weighted by atomic mass is 9.87. The number of aliphatic hydroxyl groups is 1. The van der Waals surface area contributed by atoms with Gasteiger partial charge in [-0.05, 0) is 31.8 Å². The molecule has 4 heteroatoms. The van der Waals surface area contributed by atoms with E-state index in [-0.39, 0.29) is 13.3 Å². The molecule has 0 rings (SSSR count). The van der Waals surface area contributed by atoms with Gasteiger partial charge in [-0.25, -0.2) is 4.39 Å². The van der Waals surface area contributed by atoms with Crippen LogP contribution in [0.2, 0.25) is 6.32 Å². The Kier molecular flexibility index (Phi) is 5.67. The Morgan fingerprint density at radius 1 is 1.67 bits per heavy atom. The Hall–Kier alpha value is -0.605. The van der Waals surface area contributed by atoms with Gasteiger partial charge in [-0.3, -0.25) is 0 Å². The highest BCUT2D eigenvalue weighted by Gasteiger charge is 2.05. The van der Waals surface area contributed by atoms with Crippen LogP contribution in [0.1, 0.15) is 13.8 Å². The predicted molar refractivity (Wildman–Crippen MR) is 48.8 cm³/mol. The summed E-state index contributed by atoms with van der Waals surface area (Å²) in [7, 11) is -0.0757. The minimum absolute atomic E-state index is 0.0757. The summed E-state index contributed by atoms with van der Waals surface area (Å²) in [5.74, 6) is -0.389. The molecule has 0 aromatic carbocycles. The highest BCUT2D eigenvalue weighted by atomic mass is 19.1. The lowest BCUT2D eigenvalue weighted by Crippen LogP contribution is -2.06. The molecular formula is C8H14BFO2. The van der Waals surface area contributed by atoms with Crippen LogP contribution < -0.4 is 0 Å². The Labute approximate surface area is 72.7 Å². The van der Waals surface area contributed by atoms with Gasteiger partial charge in [0.2, 0.25) is 0 Å². The molecule has 2 N–H and O–H groups in total. The summed E-state index contributed by atoms with van der Waals surface area (Å²) in [5.41, 5.74) is 0.508. The summed E-state index contributed by atoms with van der Waals surface area (Å²) in [5, 5.41) is 17.7. The van der Waals surface area contributed by atoms with Crippen LogP contribution in [0.25, 0.3) is 0 Å². The van der Waals surface area contributed by atoms with Gasteiger partial charge >= 0.3 is 0 Å². The Bertz CT molecular complexity index is 187. The van der Waals surface area contributed by atoms with Crippen LogP contribution in [0.4, 0.5) is 4.39 Å². The lowest BCUT2D eigenvalue weighted by Gasteiger charge is -2.07. The number of allylic oxidation sites excluding steroid dienone is 3. The van der Waals surface area contributed by atoms with Crippen LogP contribution in [0.15, 0.2) is 23.6 Å². The summed E-state index contributed by atoms with van der Waals surface area (Å²) in [6.45, 7) is 3.12. The van der Waals surface area contributed by atoms with Crippen LogP contribution in [0.5, 0.6) is 0 Å². The molecule has 0 aromatic rings. The molecule has 0 radical (unpaired) electrons. The minimum atomic E-state index is -0.706. The Morgan fingerprint density at radius 2 is 2.25 bits per heavy atom. The van der Waals surface area contributed by atoms with E-state index in [1.807, 2.05) is 0 Å². The van der Waals surface area contributed by atoms with Crippen molar-refractivity contribution in [2.24, 2.45) is 0 Å². The van der Waals surface area contributed by atoms with Crippen molar-refractivity contribution in [2.45, 2.75) is 26.3 Å². The van der Waals surface area contributed by atoms with Crippen LogP contribution in [0.3, 0.4) is 0 Å². The van der Waals surface area contributed by atoms with Gasteiger partial charge in [0.25, 0.3) is 7.48 Å². The van der Waals surface area contributed by atoms with Gasteiger partial charge in [-0.2, -0.15) is 0 Å². The molecule has 0 bridgehead atoms. The standard InChI is InChI=1S/C8H14BFO2/c1-3-8(10)4-7(5-9-12)6(2)11/h3-4,6,9,11-12H,5H2,1-2H3/b7-4+,8-3+/t6-/m1/s1. The van der Waals surface area contributed by atoms with E-state index in [9.17, 15) is 4.39 Å². The zero-order chi connectivity index (χ0) is 9.56. The van der Waals surface area contributed by atoms with E-state index in [2.05, 4.69) is 0 Å². The average Bonchev–Trinajstić information content (AvgIpc) is 2.03. The maximum absolute atomic E-state index is 12.7. The maximum Gasteiger partial charge on any atom is 0.274 e. The predicted octanol–water partition coefficient (Wildman–Crippen LogP) is 0.929. The average molecular weight is 172 g/mol. The monoisotopic (exact) mass is 172 g/mol. The normalized spacial score (nSPS) is 16.1. The summed E-state index contributed by atoms with van der Waals surface area (Å²) in [6.07, 6.45) is 2.15. The SMILES string of the molecule is C/C=C(F)\C=C(/CBO)[C@@H](C)O. The van der Waals surface area contributed by atoms with Crippen molar-refractivity contribution in [1.29, 1.82) is 0 Å². The smallest absolute Gasteiger partial charge is 0.274 e. The van der Waals surface area contributed by atoms with Crippen molar-refractivity contribution in [2.75, 3.05) is 0 Å². The molecule has 0 aliphatic carbocycles. The largest absolute Gasteiger partial charge is 0.454 e. The summed E-state index contributed by atoms with van der Waals surface area (Å²) in [4.78, 5) is 0. The van der Waals surface area contributed by atoms with Gasteiger partial charge in [-0.1, -0.05) is 6.08 Å². The molecule has 0 aliphatic rings. The molecule has 0 unspecified atom stereocenters. The first kappa shape index (κ1) is 11.4. The number of halogens is 1. The molecule has 0 aliphatic heterocycles. The quantitative estimate of drug-likeness (QED) is 0.489. The first-order valence-electron chi connectivity index (χ1n) is 3.93. The van der Waals surface area contributed by atoms with E-state index in [0.717, 1.165) is 0 Å². The van der Waals surface area contributed by atoms with E-state index in [0.29, 0.717) is 11.9 Å². The van der Waals surface area contributed by atoms with E-state index in [1.165, 1.54) is 12.2 Å². The molecular weight excluding hydrogens is 158 g/mol. The fourth-order valence-electron chi connectivity index (χ4n) is 0.791. The van der Waals surface area contributed by atoms with Crippen molar-refractivity contribution in [3.63, 3.8) is 0 Å². The van der Waals surface area contributed by atoms with Crippen molar-refractivity contribution < 1.29 is 14.5 Å². The lowest BCUT2D eigenvalue weighted by molar-refractivity contribution is 0.230. The molecule has 1 atom stereocenters. The van der Waals surface area contributed by atoms with E-state index < -0.39 is 6.10 Å². The zero-order valence-corrected chi connectivity index (χ0v) is 7.42. The Balaban J connectivity index is 4.38. The third kappa shape index (κ3) is 4.31. The fourth-order valence-corrected chi connectivity index (χ4v) is 0.791. The fraction of sp³-hybridized carbons (Fsp3) is 0.500. The molecule has 12 heavy (non-hydrogen) atoms. The van der Waals surface area contributed by atoms with E-state index in [4.69, 9.17) is 10.1 Å². The maximum atomic E-state index is 12.7. The van der Waals surface area contributed by atoms with Crippen molar-refractivity contribution in [3.05, 3.63) is 23.6 Å². The molecule has 0 saturated carbocycles. The van der Waals surface area contributed by atoms with Gasteiger partial charge in [-0.15, -0.1) is 0 Å². The molecule has 0 saturated heterocycles. The van der Waals surface area contributed by atoms with Gasteiger partial charge in [0.05, 0.1) is 6.10 Å².